The second-order valence-corrected chi connectivity index (χ2v) is 4.24. The highest BCUT2D eigenvalue weighted by molar-refractivity contribution is 4.79. The van der Waals surface area contributed by atoms with Crippen molar-refractivity contribution in [1.82, 2.24) is 9.80 Å². The first-order chi connectivity index (χ1) is 6.69. The smallest absolute Gasteiger partial charge is 0.0599 e. The first-order valence-electron chi connectivity index (χ1n) is 5.48. The van der Waals surface area contributed by atoms with Crippen molar-refractivity contribution >= 4 is 0 Å². The van der Waals surface area contributed by atoms with Gasteiger partial charge >= 0.3 is 0 Å². The molecule has 1 aliphatic heterocycles. The number of aliphatic hydroxyl groups excluding tert-OH is 1. The Hall–Kier alpha value is -0.160. The minimum absolute atomic E-state index is 0.157. The molecule has 1 atom stereocenters. The van der Waals surface area contributed by atoms with E-state index in [9.17, 15) is 0 Å². The molecule has 4 heteroatoms. The maximum Gasteiger partial charge on any atom is 0.0599 e. The Morgan fingerprint density at radius 3 is 2.00 bits per heavy atom. The molecule has 0 radical (unpaired) electrons. The van der Waals surface area contributed by atoms with Gasteiger partial charge in [-0.25, -0.2) is 0 Å². The molecule has 3 N–H and O–H groups in total. The van der Waals surface area contributed by atoms with Crippen molar-refractivity contribution in [3.63, 3.8) is 0 Å². The van der Waals surface area contributed by atoms with E-state index >= 15 is 0 Å². The number of aliphatic hydroxyl groups is 1. The zero-order chi connectivity index (χ0) is 10.6. The Labute approximate surface area is 86.7 Å². The second kappa shape index (κ2) is 5.66. The summed E-state index contributed by atoms with van der Waals surface area (Å²) in [5.41, 5.74) is 5.59. The summed E-state index contributed by atoms with van der Waals surface area (Å²) in [5, 5.41) is 9.12. The molecule has 0 aromatic heterocycles. The van der Waals surface area contributed by atoms with Gasteiger partial charge in [-0.05, 0) is 13.8 Å². The first-order valence-corrected chi connectivity index (χ1v) is 5.48. The summed E-state index contributed by atoms with van der Waals surface area (Å²) < 4.78 is 0. The van der Waals surface area contributed by atoms with Crippen LogP contribution in [0.25, 0.3) is 0 Å². The lowest BCUT2D eigenvalue weighted by Crippen LogP contribution is -2.54. The molecule has 0 bridgehead atoms. The van der Waals surface area contributed by atoms with Crippen LogP contribution in [0.5, 0.6) is 0 Å². The molecule has 1 heterocycles. The highest BCUT2D eigenvalue weighted by atomic mass is 16.3. The molecule has 0 aliphatic carbocycles. The quantitative estimate of drug-likeness (QED) is 0.633. The van der Waals surface area contributed by atoms with Crippen molar-refractivity contribution in [3.05, 3.63) is 0 Å². The maximum absolute atomic E-state index is 9.12. The van der Waals surface area contributed by atoms with Crippen LogP contribution in [-0.4, -0.2) is 66.3 Å². The van der Waals surface area contributed by atoms with Crippen LogP contribution in [0.15, 0.2) is 0 Å². The van der Waals surface area contributed by atoms with Crippen LogP contribution in [0, 0.1) is 0 Å². The van der Waals surface area contributed by atoms with E-state index in [1.807, 2.05) is 0 Å². The van der Waals surface area contributed by atoms with Gasteiger partial charge in [0.05, 0.1) is 6.61 Å². The first kappa shape index (κ1) is 11.9. The summed E-state index contributed by atoms with van der Waals surface area (Å²) in [6.45, 7) is 9.42. The summed E-state index contributed by atoms with van der Waals surface area (Å²) in [4.78, 5) is 4.75. The lowest BCUT2D eigenvalue weighted by Gasteiger charge is -2.39. The zero-order valence-corrected chi connectivity index (χ0v) is 9.32. The van der Waals surface area contributed by atoms with Crippen molar-refractivity contribution in [2.75, 3.05) is 39.3 Å². The van der Waals surface area contributed by atoms with Crippen molar-refractivity contribution in [3.8, 4) is 0 Å². The van der Waals surface area contributed by atoms with Crippen molar-refractivity contribution in [2.24, 2.45) is 5.73 Å². The second-order valence-electron chi connectivity index (χ2n) is 4.24. The molecule has 1 fully saturated rings. The standard InChI is InChI=1S/C10H23N3O/c1-9(2)12-3-5-13(6-4-12)10(7-11)8-14/h9-10,14H,3-8,11H2,1-2H3. The molecular weight excluding hydrogens is 178 g/mol. The third-order valence-electron chi connectivity index (χ3n) is 3.08. The Bertz CT molecular complexity index is 151. The van der Waals surface area contributed by atoms with Gasteiger partial charge in [0, 0.05) is 44.8 Å². The number of nitrogens with two attached hydrogens (primary N) is 1. The van der Waals surface area contributed by atoms with Gasteiger partial charge in [-0.2, -0.15) is 0 Å². The third-order valence-corrected chi connectivity index (χ3v) is 3.08. The predicted octanol–water partition coefficient (Wildman–Crippen LogP) is -0.668. The minimum Gasteiger partial charge on any atom is -0.395 e. The lowest BCUT2D eigenvalue weighted by molar-refractivity contribution is 0.0567. The van der Waals surface area contributed by atoms with Gasteiger partial charge in [0.15, 0.2) is 0 Å². The van der Waals surface area contributed by atoms with Gasteiger partial charge in [-0.15, -0.1) is 0 Å². The molecule has 1 rings (SSSR count). The molecule has 0 aromatic carbocycles. The number of rotatable bonds is 4. The van der Waals surface area contributed by atoms with Crippen LogP contribution >= 0.6 is 0 Å². The molecule has 0 spiro atoms. The Morgan fingerprint density at radius 1 is 1.14 bits per heavy atom. The van der Waals surface area contributed by atoms with Crippen molar-refractivity contribution < 1.29 is 5.11 Å². The van der Waals surface area contributed by atoms with E-state index in [2.05, 4.69) is 23.6 Å². The SMILES string of the molecule is CC(C)N1CCN(C(CN)CO)CC1. The molecule has 1 saturated heterocycles. The van der Waals surface area contributed by atoms with Crippen LogP contribution in [0.3, 0.4) is 0 Å². The molecule has 1 unspecified atom stereocenters. The predicted molar refractivity (Wildman–Crippen MR) is 58.2 cm³/mol. The number of hydrogen-bond donors (Lipinski definition) is 2. The summed E-state index contributed by atoms with van der Waals surface area (Å²) in [7, 11) is 0. The van der Waals surface area contributed by atoms with Gasteiger partial charge in [0.1, 0.15) is 0 Å². The van der Waals surface area contributed by atoms with E-state index < -0.39 is 0 Å². The van der Waals surface area contributed by atoms with Crippen LogP contribution in [-0.2, 0) is 0 Å². The number of nitrogens with zero attached hydrogens (tertiary/aromatic N) is 2. The summed E-state index contributed by atoms with van der Waals surface area (Å²) in [5.74, 6) is 0. The van der Waals surface area contributed by atoms with Crippen LogP contribution in [0.1, 0.15) is 13.8 Å². The van der Waals surface area contributed by atoms with Gasteiger partial charge in [-0.1, -0.05) is 0 Å². The van der Waals surface area contributed by atoms with Gasteiger partial charge in [0.25, 0.3) is 0 Å². The van der Waals surface area contributed by atoms with E-state index in [-0.39, 0.29) is 12.6 Å². The molecule has 0 saturated carbocycles. The Morgan fingerprint density at radius 2 is 1.64 bits per heavy atom. The number of hydrogen-bond acceptors (Lipinski definition) is 4. The topological polar surface area (TPSA) is 52.7 Å². The highest BCUT2D eigenvalue weighted by Gasteiger charge is 2.23. The highest BCUT2D eigenvalue weighted by Crippen LogP contribution is 2.08. The van der Waals surface area contributed by atoms with E-state index in [0.717, 1.165) is 26.2 Å². The average molecular weight is 201 g/mol. The summed E-state index contributed by atoms with van der Waals surface area (Å²) >= 11 is 0. The average Bonchev–Trinajstić information content (AvgIpc) is 2.20. The van der Waals surface area contributed by atoms with E-state index in [1.165, 1.54) is 0 Å². The summed E-state index contributed by atoms with van der Waals surface area (Å²) in [6, 6.07) is 0.784. The van der Waals surface area contributed by atoms with E-state index in [4.69, 9.17) is 10.8 Å². The molecule has 14 heavy (non-hydrogen) atoms. The fourth-order valence-corrected chi connectivity index (χ4v) is 1.96. The minimum atomic E-state index is 0.157. The monoisotopic (exact) mass is 201 g/mol. The van der Waals surface area contributed by atoms with Crippen LogP contribution < -0.4 is 5.73 Å². The fourth-order valence-electron chi connectivity index (χ4n) is 1.96. The molecule has 0 aromatic rings. The molecule has 4 nitrogen and oxygen atoms in total. The molecule has 1 aliphatic rings. The normalized spacial score (nSPS) is 22.9. The van der Waals surface area contributed by atoms with Crippen LogP contribution in [0.4, 0.5) is 0 Å². The van der Waals surface area contributed by atoms with Gasteiger partial charge in [0.2, 0.25) is 0 Å². The number of piperazine rings is 1. The third kappa shape index (κ3) is 2.92. The summed E-state index contributed by atoms with van der Waals surface area (Å²) in [6.07, 6.45) is 0. The van der Waals surface area contributed by atoms with Crippen molar-refractivity contribution in [1.29, 1.82) is 0 Å². The largest absolute Gasteiger partial charge is 0.395 e. The Kier molecular flexibility index (Phi) is 4.81. The van der Waals surface area contributed by atoms with E-state index in [0.29, 0.717) is 12.6 Å². The van der Waals surface area contributed by atoms with Gasteiger partial charge < -0.3 is 10.8 Å². The maximum atomic E-state index is 9.12. The van der Waals surface area contributed by atoms with E-state index in [1.54, 1.807) is 0 Å². The van der Waals surface area contributed by atoms with Crippen molar-refractivity contribution in [2.45, 2.75) is 25.9 Å². The molecule has 84 valence electrons. The van der Waals surface area contributed by atoms with Gasteiger partial charge in [-0.3, -0.25) is 9.80 Å². The molecule has 0 amide bonds. The lowest BCUT2D eigenvalue weighted by atomic mass is 10.2. The van der Waals surface area contributed by atoms with Crippen LogP contribution in [0.2, 0.25) is 0 Å². The Balaban J connectivity index is 2.34. The molecular formula is C10H23N3O. The fraction of sp³-hybridized carbons (Fsp3) is 1.00. The zero-order valence-electron chi connectivity index (χ0n) is 9.32.